The Kier molecular flexibility index (Phi) is 6.53. The highest BCUT2D eigenvalue weighted by molar-refractivity contribution is 5.86. The van der Waals surface area contributed by atoms with E-state index in [-0.39, 0.29) is 5.92 Å². The van der Waals surface area contributed by atoms with E-state index < -0.39 is 0 Å². The molecule has 0 spiro atoms. The molecule has 4 rings (SSSR count). The van der Waals surface area contributed by atoms with Crippen molar-refractivity contribution in [2.75, 3.05) is 32.7 Å². The zero-order valence-corrected chi connectivity index (χ0v) is 18.3. The minimum atomic E-state index is 0.230. The highest BCUT2D eigenvalue weighted by Gasteiger charge is 2.25. The van der Waals surface area contributed by atoms with Crippen LogP contribution >= 0.6 is 0 Å². The Morgan fingerprint density at radius 1 is 0.967 bits per heavy atom. The van der Waals surface area contributed by atoms with Gasteiger partial charge in [-0.05, 0) is 42.5 Å². The molecule has 0 bridgehead atoms. The third-order valence-electron chi connectivity index (χ3n) is 6.59. The second kappa shape index (κ2) is 9.48. The number of aromatic nitrogens is 1. The van der Waals surface area contributed by atoms with Crippen molar-refractivity contribution >= 4 is 16.8 Å². The van der Waals surface area contributed by atoms with Gasteiger partial charge in [0.2, 0.25) is 5.91 Å². The second-order valence-corrected chi connectivity index (χ2v) is 8.45. The lowest BCUT2D eigenvalue weighted by Crippen LogP contribution is -2.48. The van der Waals surface area contributed by atoms with Crippen LogP contribution in [0.3, 0.4) is 0 Å². The predicted octanol–water partition coefficient (Wildman–Crippen LogP) is 4.45. The molecule has 1 aromatic heterocycles. The van der Waals surface area contributed by atoms with Gasteiger partial charge < -0.3 is 14.4 Å². The molecule has 0 N–H and O–H groups in total. The van der Waals surface area contributed by atoms with Gasteiger partial charge in [0.05, 0.1) is 0 Å². The number of amides is 1. The number of carbonyl (C=O) groups is 1. The standard InChI is InChI=1S/C26H33N3O/c1-3-28-15-17-29(18-16-28)26(30)19-22(14-13-21-9-5-4-6-10-21)24-20-27(2)25-12-8-7-11-23(24)25/h4-12,20,22H,3,13-19H2,1-2H3/t22-/m1/s1. The molecule has 0 unspecified atom stereocenters. The van der Waals surface area contributed by atoms with Gasteiger partial charge in [-0.15, -0.1) is 0 Å². The summed E-state index contributed by atoms with van der Waals surface area (Å²) in [6, 6.07) is 19.2. The first-order valence-electron chi connectivity index (χ1n) is 11.2. The first-order chi connectivity index (χ1) is 14.7. The fourth-order valence-corrected chi connectivity index (χ4v) is 4.70. The Labute approximate surface area is 180 Å². The number of piperazine rings is 1. The van der Waals surface area contributed by atoms with Crippen LogP contribution in [0, 0.1) is 0 Å². The van der Waals surface area contributed by atoms with Gasteiger partial charge in [-0.25, -0.2) is 0 Å². The van der Waals surface area contributed by atoms with Crippen LogP contribution in [0.25, 0.3) is 10.9 Å². The SMILES string of the molecule is CCN1CCN(C(=O)C[C@@H](CCc2ccccc2)c2cn(C)c3ccccc23)CC1. The van der Waals surface area contributed by atoms with Crippen LogP contribution in [0.2, 0.25) is 0 Å². The second-order valence-electron chi connectivity index (χ2n) is 8.45. The lowest BCUT2D eigenvalue weighted by atomic mass is 9.89. The molecule has 0 saturated carbocycles. The summed E-state index contributed by atoms with van der Waals surface area (Å²) in [6.07, 6.45) is 4.81. The Bertz CT molecular complexity index is 970. The Morgan fingerprint density at radius 2 is 1.67 bits per heavy atom. The summed E-state index contributed by atoms with van der Waals surface area (Å²) in [6.45, 7) is 6.95. The molecule has 1 aliphatic rings. The highest BCUT2D eigenvalue weighted by Crippen LogP contribution is 2.33. The van der Waals surface area contributed by atoms with Crippen molar-refractivity contribution in [3.05, 3.63) is 71.9 Å². The average Bonchev–Trinajstić information content (AvgIpc) is 3.14. The lowest BCUT2D eigenvalue weighted by molar-refractivity contribution is -0.133. The summed E-state index contributed by atoms with van der Waals surface area (Å²) in [5, 5.41) is 1.28. The van der Waals surface area contributed by atoms with Crippen molar-refractivity contribution in [2.45, 2.75) is 32.1 Å². The van der Waals surface area contributed by atoms with Gasteiger partial charge in [0.1, 0.15) is 0 Å². The third kappa shape index (κ3) is 4.59. The maximum absolute atomic E-state index is 13.2. The van der Waals surface area contributed by atoms with Gasteiger partial charge >= 0.3 is 0 Å². The van der Waals surface area contributed by atoms with Gasteiger partial charge in [0.25, 0.3) is 0 Å². The number of rotatable bonds is 7. The number of benzene rings is 2. The van der Waals surface area contributed by atoms with Crippen LogP contribution < -0.4 is 0 Å². The molecule has 4 heteroatoms. The van der Waals surface area contributed by atoms with E-state index in [1.54, 1.807) is 0 Å². The summed E-state index contributed by atoms with van der Waals surface area (Å²) in [4.78, 5) is 17.7. The van der Waals surface area contributed by atoms with E-state index in [1.165, 1.54) is 22.0 Å². The summed E-state index contributed by atoms with van der Waals surface area (Å²) in [5.41, 5.74) is 3.89. The van der Waals surface area contributed by atoms with Crippen molar-refractivity contribution in [3.8, 4) is 0 Å². The summed E-state index contributed by atoms with van der Waals surface area (Å²) in [5.74, 6) is 0.532. The fourth-order valence-electron chi connectivity index (χ4n) is 4.70. The third-order valence-corrected chi connectivity index (χ3v) is 6.59. The van der Waals surface area contributed by atoms with Crippen molar-refractivity contribution < 1.29 is 4.79 Å². The van der Waals surface area contributed by atoms with E-state index in [4.69, 9.17) is 0 Å². The Balaban J connectivity index is 1.55. The van der Waals surface area contributed by atoms with Crippen LogP contribution in [0.4, 0.5) is 0 Å². The molecule has 4 nitrogen and oxygen atoms in total. The fraction of sp³-hybridized carbons (Fsp3) is 0.423. The van der Waals surface area contributed by atoms with Crippen LogP contribution in [0.5, 0.6) is 0 Å². The van der Waals surface area contributed by atoms with Crippen molar-refractivity contribution in [1.29, 1.82) is 0 Å². The zero-order chi connectivity index (χ0) is 20.9. The van der Waals surface area contributed by atoms with E-state index in [2.05, 4.69) is 89.1 Å². The van der Waals surface area contributed by atoms with E-state index in [0.717, 1.165) is 45.6 Å². The summed E-state index contributed by atoms with van der Waals surface area (Å²) >= 11 is 0. The maximum atomic E-state index is 13.2. The van der Waals surface area contributed by atoms with Gasteiger partial charge in [-0.1, -0.05) is 55.5 Å². The summed E-state index contributed by atoms with van der Waals surface area (Å²) < 4.78 is 2.20. The number of hydrogen-bond donors (Lipinski definition) is 0. The molecule has 158 valence electrons. The van der Waals surface area contributed by atoms with E-state index in [9.17, 15) is 4.79 Å². The smallest absolute Gasteiger partial charge is 0.223 e. The van der Waals surface area contributed by atoms with Crippen LogP contribution in [-0.2, 0) is 18.3 Å². The molecule has 1 atom stereocenters. The molecular formula is C26H33N3O. The molecule has 3 aromatic rings. The maximum Gasteiger partial charge on any atom is 0.223 e. The van der Waals surface area contributed by atoms with E-state index >= 15 is 0 Å². The van der Waals surface area contributed by atoms with Crippen molar-refractivity contribution in [1.82, 2.24) is 14.4 Å². The highest BCUT2D eigenvalue weighted by atomic mass is 16.2. The monoisotopic (exact) mass is 403 g/mol. The minimum Gasteiger partial charge on any atom is -0.350 e. The van der Waals surface area contributed by atoms with Crippen LogP contribution in [0.15, 0.2) is 60.8 Å². The molecule has 2 aromatic carbocycles. The number of carbonyl (C=O) groups excluding carboxylic acids is 1. The predicted molar refractivity (Wildman–Crippen MR) is 124 cm³/mol. The average molecular weight is 404 g/mol. The molecule has 1 fully saturated rings. The van der Waals surface area contributed by atoms with Crippen molar-refractivity contribution in [2.24, 2.45) is 7.05 Å². The van der Waals surface area contributed by atoms with Gasteiger partial charge in [0, 0.05) is 56.7 Å². The minimum absolute atomic E-state index is 0.230. The van der Waals surface area contributed by atoms with Crippen LogP contribution in [0.1, 0.15) is 36.8 Å². The number of fused-ring (bicyclic) bond motifs is 1. The molecule has 0 aliphatic carbocycles. The molecule has 0 radical (unpaired) electrons. The molecular weight excluding hydrogens is 370 g/mol. The first-order valence-corrected chi connectivity index (χ1v) is 11.2. The van der Waals surface area contributed by atoms with Gasteiger partial charge in [-0.2, -0.15) is 0 Å². The Morgan fingerprint density at radius 3 is 2.40 bits per heavy atom. The molecule has 2 heterocycles. The quantitative estimate of drug-likeness (QED) is 0.583. The first kappa shape index (κ1) is 20.7. The number of likely N-dealkylation sites (N-methyl/N-ethyl adjacent to an activating group) is 1. The van der Waals surface area contributed by atoms with E-state index in [0.29, 0.717) is 12.3 Å². The zero-order valence-electron chi connectivity index (χ0n) is 18.3. The number of hydrogen-bond acceptors (Lipinski definition) is 2. The molecule has 30 heavy (non-hydrogen) atoms. The lowest BCUT2D eigenvalue weighted by Gasteiger charge is -2.34. The van der Waals surface area contributed by atoms with E-state index in [1.807, 2.05) is 0 Å². The molecule has 1 aliphatic heterocycles. The van der Waals surface area contributed by atoms with Crippen LogP contribution in [-0.4, -0.2) is 53.0 Å². The summed E-state index contributed by atoms with van der Waals surface area (Å²) in [7, 11) is 2.10. The number of nitrogens with zero attached hydrogens (tertiary/aromatic N) is 3. The van der Waals surface area contributed by atoms with Gasteiger partial charge in [0.15, 0.2) is 0 Å². The number of aryl methyl sites for hydroxylation is 2. The molecule has 1 saturated heterocycles. The molecule has 1 amide bonds. The van der Waals surface area contributed by atoms with Crippen molar-refractivity contribution in [3.63, 3.8) is 0 Å². The topological polar surface area (TPSA) is 28.5 Å². The largest absolute Gasteiger partial charge is 0.350 e. The Hall–Kier alpha value is -2.59. The van der Waals surface area contributed by atoms with Gasteiger partial charge in [-0.3, -0.25) is 4.79 Å². The number of para-hydroxylation sites is 1. The normalized spacial score (nSPS) is 16.1.